The zero-order chi connectivity index (χ0) is 28.3. The van der Waals surface area contributed by atoms with Crippen LogP contribution in [0.15, 0.2) is 59.6 Å². The second-order valence-corrected chi connectivity index (χ2v) is 9.95. The first-order valence-electron chi connectivity index (χ1n) is 13.1. The van der Waals surface area contributed by atoms with Crippen molar-refractivity contribution in [3.05, 3.63) is 59.6 Å². The Kier molecular flexibility index (Phi) is 7.70. The van der Waals surface area contributed by atoms with Gasteiger partial charge in [0.2, 0.25) is 0 Å². The van der Waals surface area contributed by atoms with Crippen molar-refractivity contribution in [3.8, 4) is 39.8 Å². The highest BCUT2D eigenvalue weighted by atomic mass is 35.5. The number of fused-ring (bicyclic) bond motifs is 1. The van der Waals surface area contributed by atoms with Crippen LogP contribution in [0.2, 0.25) is 5.02 Å². The number of rotatable bonds is 9. The number of ether oxygens (including phenoxy) is 2. The van der Waals surface area contributed by atoms with Gasteiger partial charge in [0.05, 0.1) is 36.0 Å². The first-order valence-corrected chi connectivity index (χ1v) is 13.4. The van der Waals surface area contributed by atoms with Gasteiger partial charge in [-0.15, -0.1) is 5.10 Å². The van der Waals surface area contributed by atoms with Gasteiger partial charge in [0.1, 0.15) is 12.2 Å². The molecule has 4 heterocycles. The molecule has 1 saturated heterocycles. The number of aromatic amines is 1. The van der Waals surface area contributed by atoms with Gasteiger partial charge in [0.25, 0.3) is 6.01 Å². The molecule has 6 rings (SSSR count). The smallest absolute Gasteiger partial charge is 0.296 e. The molecule has 0 unspecified atom stereocenters. The predicted molar refractivity (Wildman–Crippen MR) is 153 cm³/mol. The van der Waals surface area contributed by atoms with E-state index < -0.39 is 18.3 Å². The molecule has 0 bridgehead atoms. The number of hydrogen-bond donors (Lipinski definition) is 3. The Hall–Kier alpha value is -4.23. The van der Waals surface area contributed by atoms with E-state index >= 15 is 0 Å². The number of nitrogens with zero attached hydrogens (tertiary/aromatic N) is 7. The van der Waals surface area contributed by atoms with E-state index in [1.165, 1.54) is 0 Å². The van der Waals surface area contributed by atoms with E-state index in [2.05, 4.69) is 35.5 Å². The molecule has 0 amide bonds. The van der Waals surface area contributed by atoms with Gasteiger partial charge < -0.3 is 29.7 Å². The summed E-state index contributed by atoms with van der Waals surface area (Å²) in [4.78, 5) is 16.1. The van der Waals surface area contributed by atoms with Gasteiger partial charge in [-0.25, -0.2) is 9.67 Å². The standard InChI is InChI=1S/C28H27ClN8O4/c1-30-11-2-12-37-27(34-35-36-37)19-9-5-17(6-10-19)16-3-7-18(8-4-16)24-20(29)13-21-26(32-24)33-28(31-21)41-23-15-40-22(14-38)25(23)39/h3-11,13,22-23,25,38-39H,2,12,14-15H2,1H3,(H,31,32,33)/t22-,23-,25-/m1/s1. The Bertz CT molecular complexity index is 1670. The number of H-pyrrole nitrogens is 1. The van der Waals surface area contributed by atoms with Gasteiger partial charge in [0, 0.05) is 30.8 Å². The lowest BCUT2D eigenvalue weighted by Crippen LogP contribution is -2.36. The Morgan fingerprint density at radius 3 is 2.49 bits per heavy atom. The van der Waals surface area contributed by atoms with E-state index in [-0.39, 0.29) is 19.2 Å². The third-order valence-corrected chi connectivity index (χ3v) is 7.19. The molecule has 12 nitrogen and oxygen atoms in total. The number of aryl methyl sites for hydroxylation is 1. The largest absolute Gasteiger partial charge is 0.456 e. The van der Waals surface area contributed by atoms with Gasteiger partial charge in [-0.1, -0.05) is 60.1 Å². The van der Waals surface area contributed by atoms with Crippen molar-refractivity contribution < 1.29 is 19.7 Å². The molecular formula is C28H27ClN8O4. The number of hydrogen-bond acceptors (Lipinski definition) is 10. The molecule has 210 valence electrons. The maximum Gasteiger partial charge on any atom is 0.296 e. The van der Waals surface area contributed by atoms with Crippen molar-refractivity contribution in [3.63, 3.8) is 0 Å². The van der Waals surface area contributed by atoms with E-state index in [1.54, 1.807) is 17.8 Å². The lowest BCUT2D eigenvalue weighted by molar-refractivity contribution is -0.00390. The topological polar surface area (TPSA) is 156 Å². The third-order valence-electron chi connectivity index (χ3n) is 6.90. The van der Waals surface area contributed by atoms with Crippen LogP contribution < -0.4 is 4.74 Å². The number of pyridine rings is 1. The molecule has 13 heteroatoms. The molecule has 0 spiro atoms. The summed E-state index contributed by atoms with van der Waals surface area (Å²) in [5.74, 6) is 0.710. The summed E-state index contributed by atoms with van der Waals surface area (Å²) in [5.41, 5.74) is 5.45. The summed E-state index contributed by atoms with van der Waals surface area (Å²) >= 11 is 6.59. The van der Waals surface area contributed by atoms with Crippen LogP contribution in [0.4, 0.5) is 0 Å². The summed E-state index contributed by atoms with van der Waals surface area (Å²) in [5, 5.41) is 32.0. The maximum atomic E-state index is 10.2. The molecule has 3 N–H and O–H groups in total. The van der Waals surface area contributed by atoms with Crippen LogP contribution in [0.5, 0.6) is 6.01 Å². The second-order valence-electron chi connectivity index (χ2n) is 9.54. The van der Waals surface area contributed by atoms with E-state index in [0.29, 0.717) is 34.2 Å². The van der Waals surface area contributed by atoms with Crippen molar-refractivity contribution in [2.24, 2.45) is 4.99 Å². The number of nitrogens with one attached hydrogen (secondary N) is 1. The lowest BCUT2D eigenvalue weighted by atomic mass is 10.0. The van der Waals surface area contributed by atoms with Gasteiger partial charge in [-0.05, 0) is 27.6 Å². The molecule has 5 aromatic rings. The van der Waals surface area contributed by atoms with E-state index in [4.69, 9.17) is 21.1 Å². The Morgan fingerprint density at radius 1 is 1.10 bits per heavy atom. The Balaban J connectivity index is 1.18. The number of aliphatic imine (C=N–C) groups is 1. The van der Waals surface area contributed by atoms with Crippen LogP contribution in [0.1, 0.15) is 6.42 Å². The minimum absolute atomic E-state index is 0.144. The number of tetrazole rings is 1. The first-order chi connectivity index (χ1) is 20.0. The molecule has 3 aromatic heterocycles. The quantitative estimate of drug-likeness (QED) is 0.225. The van der Waals surface area contributed by atoms with Crippen LogP contribution in [-0.4, -0.2) is 90.2 Å². The molecule has 0 aliphatic carbocycles. The van der Waals surface area contributed by atoms with Crippen molar-refractivity contribution in [1.82, 2.24) is 35.2 Å². The highest BCUT2D eigenvalue weighted by Crippen LogP contribution is 2.32. The van der Waals surface area contributed by atoms with Gasteiger partial charge in [-0.2, -0.15) is 4.98 Å². The summed E-state index contributed by atoms with van der Waals surface area (Å²) < 4.78 is 12.9. The monoisotopic (exact) mass is 574 g/mol. The minimum Gasteiger partial charge on any atom is -0.456 e. The van der Waals surface area contributed by atoms with Gasteiger partial charge in [-0.3, -0.25) is 0 Å². The average molecular weight is 575 g/mol. The molecule has 0 saturated carbocycles. The van der Waals surface area contributed by atoms with E-state index in [1.807, 2.05) is 54.7 Å². The zero-order valence-corrected chi connectivity index (χ0v) is 22.8. The number of imidazole rings is 1. The molecule has 2 aromatic carbocycles. The summed E-state index contributed by atoms with van der Waals surface area (Å²) in [7, 11) is 1.75. The molecule has 1 aliphatic rings. The fourth-order valence-corrected chi connectivity index (χ4v) is 4.98. The predicted octanol–water partition coefficient (Wildman–Crippen LogP) is 3.19. The number of aliphatic hydroxyl groups is 2. The lowest BCUT2D eigenvalue weighted by Gasteiger charge is -2.15. The van der Waals surface area contributed by atoms with Crippen LogP contribution in [0, 0.1) is 0 Å². The highest BCUT2D eigenvalue weighted by molar-refractivity contribution is 6.33. The molecule has 41 heavy (non-hydrogen) atoms. The zero-order valence-electron chi connectivity index (χ0n) is 22.1. The Labute approximate surface area is 239 Å². The third kappa shape index (κ3) is 5.55. The summed E-state index contributed by atoms with van der Waals surface area (Å²) in [6, 6.07) is 18.0. The number of halogens is 1. The molecule has 1 fully saturated rings. The van der Waals surface area contributed by atoms with Crippen LogP contribution >= 0.6 is 11.6 Å². The van der Waals surface area contributed by atoms with Crippen molar-refractivity contribution in [2.45, 2.75) is 31.3 Å². The normalized spacial score (nSPS) is 19.0. The van der Waals surface area contributed by atoms with Gasteiger partial charge >= 0.3 is 0 Å². The fourth-order valence-electron chi connectivity index (χ4n) is 4.72. The molecule has 3 atom stereocenters. The van der Waals surface area contributed by atoms with Crippen molar-refractivity contribution in [1.29, 1.82) is 0 Å². The second kappa shape index (κ2) is 11.7. The van der Waals surface area contributed by atoms with Crippen molar-refractivity contribution in [2.75, 3.05) is 20.3 Å². The Morgan fingerprint density at radius 2 is 1.80 bits per heavy atom. The van der Waals surface area contributed by atoms with Gasteiger partial charge in [0.15, 0.2) is 17.6 Å². The molecular weight excluding hydrogens is 548 g/mol. The molecule has 1 aliphatic heterocycles. The van der Waals surface area contributed by atoms with E-state index in [0.717, 1.165) is 28.7 Å². The molecule has 0 radical (unpaired) electrons. The SMILES string of the molecule is CN=CCCn1nnnc1-c1ccc(-c2ccc(-c3nc4nc(O[C@@H]5CO[C@H](CO)[C@H]5O)[nH]c4cc3Cl)cc2)cc1. The summed E-state index contributed by atoms with van der Waals surface area (Å²) in [6.45, 7) is 0.510. The summed E-state index contributed by atoms with van der Waals surface area (Å²) in [6.07, 6.45) is 0.302. The van der Waals surface area contributed by atoms with Crippen molar-refractivity contribution >= 4 is 29.0 Å². The van der Waals surface area contributed by atoms with Crippen LogP contribution in [-0.2, 0) is 11.3 Å². The highest BCUT2D eigenvalue weighted by Gasteiger charge is 2.37. The first kappa shape index (κ1) is 27.0. The maximum absolute atomic E-state index is 10.2. The minimum atomic E-state index is -0.960. The van der Waals surface area contributed by atoms with E-state index in [9.17, 15) is 10.2 Å². The average Bonchev–Trinajstić information content (AvgIpc) is 3.71. The fraction of sp³-hybridized carbons (Fsp3) is 0.286. The number of aliphatic hydroxyl groups excluding tert-OH is 2. The van der Waals surface area contributed by atoms with Crippen LogP contribution in [0.25, 0.3) is 44.9 Å². The number of aromatic nitrogens is 7. The van der Waals surface area contributed by atoms with Crippen LogP contribution in [0.3, 0.4) is 0 Å². The number of benzene rings is 2.